The molecule has 0 unspecified atom stereocenters. The topological polar surface area (TPSA) is 64.7 Å². The van der Waals surface area contributed by atoms with Crippen molar-refractivity contribution < 1.29 is 9.59 Å². The Morgan fingerprint density at radius 2 is 1.87 bits per heavy atom. The van der Waals surface area contributed by atoms with Crippen molar-refractivity contribution in [2.24, 2.45) is 0 Å². The number of carbonyl (C=O) groups is 2. The van der Waals surface area contributed by atoms with Crippen LogP contribution in [0, 0.1) is 0 Å². The summed E-state index contributed by atoms with van der Waals surface area (Å²) in [6, 6.07) is 9.06. The largest absolute Gasteiger partial charge is 0.330 e. The van der Waals surface area contributed by atoms with E-state index in [4.69, 9.17) is 0 Å². The Balaban J connectivity index is 1.58. The molecule has 124 valence electrons. The molecule has 1 aromatic rings. The first kappa shape index (κ1) is 16.0. The van der Waals surface area contributed by atoms with Crippen LogP contribution >= 0.6 is 0 Å². The fraction of sp³-hybridized carbons (Fsp3) is 0.529. The van der Waals surface area contributed by atoms with Crippen LogP contribution in [0.1, 0.15) is 12.8 Å². The van der Waals surface area contributed by atoms with Gasteiger partial charge in [-0.1, -0.05) is 18.2 Å². The van der Waals surface area contributed by atoms with Crippen molar-refractivity contribution >= 4 is 17.5 Å². The minimum absolute atomic E-state index is 0.0672. The number of rotatable bonds is 4. The molecule has 0 aliphatic carbocycles. The van der Waals surface area contributed by atoms with E-state index in [0.717, 1.165) is 44.7 Å². The molecule has 0 saturated carbocycles. The first-order valence-electron chi connectivity index (χ1n) is 8.32. The van der Waals surface area contributed by atoms with Gasteiger partial charge in [0.2, 0.25) is 11.8 Å². The molecule has 0 bridgehead atoms. The van der Waals surface area contributed by atoms with Crippen LogP contribution in [0.5, 0.6) is 0 Å². The molecule has 1 atom stereocenters. The second kappa shape index (κ2) is 7.57. The van der Waals surface area contributed by atoms with Gasteiger partial charge in [-0.2, -0.15) is 0 Å². The van der Waals surface area contributed by atoms with Crippen LogP contribution in [0.2, 0.25) is 0 Å². The molecule has 0 radical (unpaired) electrons. The molecule has 2 aliphatic heterocycles. The summed E-state index contributed by atoms with van der Waals surface area (Å²) < 4.78 is 0. The predicted molar refractivity (Wildman–Crippen MR) is 89.1 cm³/mol. The number of nitrogens with zero attached hydrogens (tertiary/aromatic N) is 2. The van der Waals surface area contributed by atoms with E-state index in [1.165, 1.54) is 0 Å². The number of anilines is 1. The zero-order valence-corrected chi connectivity index (χ0v) is 13.3. The number of para-hydroxylation sites is 1. The van der Waals surface area contributed by atoms with Crippen molar-refractivity contribution in [1.29, 1.82) is 0 Å². The molecule has 6 nitrogen and oxygen atoms in total. The summed E-state index contributed by atoms with van der Waals surface area (Å²) >= 11 is 0. The Morgan fingerprint density at radius 1 is 1.13 bits per heavy atom. The number of hydrogen-bond acceptors (Lipinski definition) is 4. The lowest BCUT2D eigenvalue weighted by molar-refractivity contribution is -0.137. The quantitative estimate of drug-likeness (QED) is 0.850. The van der Waals surface area contributed by atoms with E-state index in [-0.39, 0.29) is 17.9 Å². The average Bonchev–Trinajstić information content (AvgIpc) is 3.06. The molecule has 0 spiro atoms. The van der Waals surface area contributed by atoms with Crippen LogP contribution in [0.15, 0.2) is 30.3 Å². The predicted octanol–water partition coefficient (Wildman–Crippen LogP) is 0.521. The summed E-state index contributed by atoms with van der Waals surface area (Å²) in [6.45, 7) is 4.71. The van der Waals surface area contributed by atoms with Gasteiger partial charge in [0.15, 0.2) is 0 Å². The Kier molecular flexibility index (Phi) is 5.25. The molecule has 2 N–H and O–H groups in total. The molecule has 23 heavy (non-hydrogen) atoms. The number of hydrogen-bond donors (Lipinski definition) is 2. The lowest BCUT2D eigenvalue weighted by atomic mass is 10.2. The maximum Gasteiger partial charge on any atom is 0.247 e. The van der Waals surface area contributed by atoms with E-state index in [1.807, 2.05) is 30.3 Å². The van der Waals surface area contributed by atoms with Crippen LogP contribution in [-0.2, 0) is 9.59 Å². The van der Waals surface area contributed by atoms with E-state index in [2.05, 4.69) is 15.5 Å². The zero-order valence-electron chi connectivity index (χ0n) is 13.3. The SMILES string of the molecule is O=C(Nc1ccccc1)[C@H]1CCCN1C(=O)CN1CCNCC1. The normalized spacial score (nSPS) is 22.1. The number of nitrogens with one attached hydrogen (secondary N) is 2. The smallest absolute Gasteiger partial charge is 0.247 e. The van der Waals surface area contributed by atoms with Crippen molar-refractivity contribution in [3.05, 3.63) is 30.3 Å². The Morgan fingerprint density at radius 3 is 2.61 bits per heavy atom. The molecule has 3 rings (SSSR count). The van der Waals surface area contributed by atoms with Crippen LogP contribution < -0.4 is 10.6 Å². The van der Waals surface area contributed by atoms with Gasteiger partial charge in [-0.25, -0.2) is 0 Å². The van der Waals surface area contributed by atoms with Crippen molar-refractivity contribution in [2.45, 2.75) is 18.9 Å². The monoisotopic (exact) mass is 316 g/mol. The second-order valence-electron chi connectivity index (χ2n) is 6.13. The summed E-state index contributed by atoms with van der Waals surface area (Å²) in [6.07, 6.45) is 1.63. The molecule has 6 heteroatoms. The van der Waals surface area contributed by atoms with Crippen molar-refractivity contribution in [3.63, 3.8) is 0 Å². The second-order valence-corrected chi connectivity index (χ2v) is 6.13. The van der Waals surface area contributed by atoms with Gasteiger partial charge < -0.3 is 15.5 Å². The summed E-state index contributed by atoms with van der Waals surface area (Å²) in [5.74, 6) is -0.0139. The number of likely N-dealkylation sites (tertiary alicyclic amines) is 1. The standard InChI is InChI=1S/C17H24N4O2/c22-16(13-20-11-8-18-9-12-20)21-10-4-7-15(21)17(23)19-14-5-2-1-3-6-14/h1-3,5-6,15,18H,4,7-13H2,(H,19,23)/t15-/m1/s1. The lowest BCUT2D eigenvalue weighted by Gasteiger charge is -2.30. The lowest BCUT2D eigenvalue weighted by Crippen LogP contribution is -2.51. The molecular formula is C17H24N4O2. The molecule has 1 aromatic carbocycles. The number of amides is 2. The average molecular weight is 316 g/mol. The molecule has 2 aliphatic rings. The van der Waals surface area contributed by atoms with Gasteiger partial charge in [-0.3, -0.25) is 14.5 Å². The van der Waals surface area contributed by atoms with E-state index < -0.39 is 0 Å². The summed E-state index contributed by atoms with van der Waals surface area (Å²) in [4.78, 5) is 29.0. The van der Waals surface area contributed by atoms with Crippen molar-refractivity contribution in [1.82, 2.24) is 15.1 Å². The van der Waals surface area contributed by atoms with Gasteiger partial charge in [0.1, 0.15) is 6.04 Å². The van der Waals surface area contributed by atoms with Crippen molar-refractivity contribution in [3.8, 4) is 0 Å². The minimum Gasteiger partial charge on any atom is -0.330 e. The van der Waals surface area contributed by atoms with E-state index in [9.17, 15) is 9.59 Å². The van der Waals surface area contributed by atoms with Gasteiger partial charge in [0.25, 0.3) is 0 Å². The Labute approximate surface area is 136 Å². The first-order valence-corrected chi connectivity index (χ1v) is 8.32. The fourth-order valence-corrected chi connectivity index (χ4v) is 3.24. The first-order chi connectivity index (χ1) is 11.2. The Hall–Kier alpha value is -1.92. The van der Waals surface area contributed by atoms with Gasteiger partial charge in [0, 0.05) is 38.4 Å². The highest BCUT2D eigenvalue weighted by Gasteiger charge is 2.34. The molecule has 2 fully saturated rings. The third-order valence-corrected chi connectivity index (χ3v) is 4.49. The fourth-order valence-electron chi connectivity index (χ4n) is 3.24. The van der Waals surface area contributed by atoms with Gasteiger partial charge in [0.05, 0.1) is 6.54 Å². The van der Waals surface area contributed by atoms with Crippen LogP contribution in [0.4, 0.5) is 5.69 Å². The number of piperazine rings is 1. The summed E-state index contributed by atoms with van der Waals surface area (Å²) in [5, 5.41) is 6.20. The number of benzene rings is 1. The van der Waals surface area contributed by atoms with Crippen LogP contribution in [0.25, 0.3) is 0 Å². The molecule has 0 aromatic heterocycles. The highest BCUT2D eigenvalue weighted by Crippen LogP contribution is 2.19. The molecule has 2 saturated heterocycles. The number of carbonyl (C=O) groups excluding carboxylic acids is 2. The highest BCUT2D eigenvalue weighted by molar-refractivity contribution is 5.97. The third kappa shape index (κ3) is 4.09. The molecular weight excluding hydrogens is 292 g/mol. The summed E-state index contributed by atoms with van der Waals surface area (Å²) in [5.41, 5.74) is 0.777. The van der Waals surface area contributed by atoms with Crippen LogP contribution in [0.3, 0.4) is 0 Å². The summed E-state index contributed by atoms with van der Waals surface area (Å²) in [7, 11) is 0. The minimum atomic E-state index is -0.342. The van der Waals surface area contributed by atoms with Gasteiger partial charge >= 0.3 is 0 Å². The Bertz CT molecular complexity index is 543. The highest BCUT2D eigenvalue weighted by atomic mass is 16.2. The van der Waals surface area contributed by atoms with Gasteiger partial charge in [-0.15, -0.1) is 0 Å². The molecule has 2 heterocycles. The van der Waals surface area contributed by atoms with Gasteiger partial charge in [-0.05, 0) is 25.0 Å². The maximum atomic E-state index is 12.6. The maximum absolute atomic E-state index is 12.6. The van der Waals surface area contributed by atoms with E-state index in [1.54, 1.807) is 4.90 Å². The van der Waals surface area contributed by atoms with Crippen LogP contribution in [-0.4, -0.2) is 66.9 Å². The van der Waals surface area contributed by atoms with Crippen molar-refractivity contribution in [2.75, 3.05) is 44.6 Å². The van der Waals surface area contributed by atoms with E-state index in [0.29, 0.717) is 13.1 Å². The van der Waals surface area contributed by atoms with E-state index >= 15 is 0 Å². The third-order valence-electron chi connectivity index (χ3n) is 4.49. The molecule has 2 amide bonds. The zero-order chi connectivity index (χ0) is 16.1.